The van der Waals surface area contributed by atoms with Gasteiger partial charge >= 0.3 is 12.0 Å². The molecule has 28 heavy (non-hydrogen) atoms. The second-order valence-electron chi connectivity index (χ2n) is 5.27. The molecule has 2 N–H and O–H groups in total. The number of furan rings is 1. The number of hydrogen-bond donors (Lipinski definition) is 2. The number of nitrogens with one attached hydrogen (secondary N) is 2. The third-order valence-electron chi connectivity index (χ3n) is 3.50. The molecule has 0 unspecified atom stereocenters. The molecule has 2 rings (SSSR count). The van der Waals surface area contributed by atoms with E-state index in [4.69, 9.17) is 18.6 Å². The van der Waals surface area contributed by atoms with Gasteiger partial charge in [-0.25, -0.2) is 9.59 Å². The van der Waals surface area contributed by atoms with Crippen LogP contribution in [-0.4, -0.2) is 45.0 Å². The number of urea groups is 1. The summed E-state index contributed by atoms with van der Waals surface area (Å²) in [6.45, 7) is -0.665. The minimum absolute atomic E-state index is 0.000695. The summed E-state index contributed by atoms with van der Waals surface area (Å²) in [6, 6.07) is 5.32. The highest BCUT2D eigenvalue weighted by Gasteiger charge is 2.23. The zero-order valence-corrected chi connectivity index (χ0v) is 15.1. The number of methoxy groups -OCH3 is 2. The lowest BCUT2D eigenvalue weighted by molar-refractivity contribution is -0.123. The van der Waals surface area contributed by atoms with Gasteiger partial charge in [-0.15, -0.1) is 0 Å². The first-order valence-corrected chi connectivity index (χ1v) is 7.97. The van der Waals surface area contributed by atoms with Crippen LogP contribution in [0.15, 0.2) is 34.9 Å². The summed E-state index contributed by atoms with van der Waals surface area (Å²) >= 11 is 0. The van der Waals surface area contributed by atoms with Crippen LogP contribution in [0.2, 0.25) is 0 Å². The molecule has 2 aromatic rings. The Morgan fingerprint density at radius 2 is 1.93 bits per heavy atom. The summed E-state index contributed by atoms with van der Waals surface area (Å²) in [7, 11) is 2.65. The third kappa shape index (κ3) is 5.10. The number of aldehydes is 1. The Morgan fingerprint density at radius 3 is 2.54 bits per heavy atom. The lowest BCUT2D eigenvalue weighted by atomic mass is 10.1. The van der Waals surface area contributed by atoms with Crippen LogP contribution in [0.5, 0.6) is 11.5 Å². The molecule has 0 aliphatic heterocycles. The van der Waals surface area contributed by atoms with Crippen molar-refractivity contribution < 1.29 is 37.8 Å². The van der Waals surface area contributed by atoms with Gasteiger partial charge in [-0.05, 0) is 24.3 Å². The minimum Gasteiger partial charge on any atom is -0.493 e. The number of hydrogen-bond acceptors (Lipinski definition) is 8. The van der Waals surface area contributed by atoms with Gasteiger partial charge in [0.2, 0.25) is 0 Å². The first-order chi connectivity index (χ1) is 13.5. The van der Waals surface area contributed by atoms with E-state index in [1.54, 1.807) is 12.1 Å². The Kier molecular flexibility index (Phi) is 7.14. The molecule has 10 heteroatoms. The van der Waals surface area contributed by atoms with Gasteiger partial charge in [0.05, 0.1) is 27.0 Å². The quantitative estimate of drug-likeness (QED) is 0.509. The summed E-state index contributed by atoms with van der Waals surface area (Å²) < 4.78 is 20.1. The third-order valence-corrected chi connectivity index (χ3v) is 3.50. The molecule has 0 spiro atoms. The Morgan fingerprint density at radius 1 is 1.14 bits per heavy atom. The van der Waals surface area contributed by atoms with Gasteiger partial charge in [0, 0.05) is 5.56 Å². The van der Waals surface area contributed by atoms with Crippen molar-refractivity contribution in [3.8, 4) is 11.5 Å². The second kappa shape index (κ2) is 9.76. The van der Waals surface area contributed by atoms with Crippen molar-refractivity contribution in [3.63, 3.8) is 0 Å². The molecule has 0 aliphatic rings. The van der Waals surface area contributed by atoms with Gasteiger partial charge in [-0.1, -0.05) is 0 Å². The van der Waals surface area contributed by atoms with E-state index in [0.29, 0.717) is 12.0 Å². The van der Waals surface area contributed by atoms with Crippen LogP contribution in [0.25, 0.3) is 0 Å². The first kappa shape index (κ1) is 20.5. The van der Waals surface area contributed by atoms with Gasteiger partial charge < -0.3 is 23.9 Å². The van der Waals surface area contributed by atoms with Crippen LogP contribution >= 0.6 is 0 Å². The van der Waals surface area contributed by atoms with Gasteiger partial charge in [0.1, 0.15) is 11.3 Å². The van der Waals surface area contributed by atoms with E-state index in [1.165, 1.54) is 32.6 Å². The molecule has 0 saturated heterocycles. The summed E-state index contributed by atoms with van der Waals surface area (Å²) in [4.78, 5) is 47.0. The van der Waals surface area contributed by atoms with Crippen LogP contribution in [0.1, 0.15) is 26.5 Å². The van der Waals surface area contributed by atoms with E-state index in [9.17, 15) is 19.2 Å². The largest absolute Gasteiger partial charge is 0.493 e. The number of esters is 1. The highest BCUT2D eigenvalue weighted by atomic mass is 16.5. The van der Waals surface area contributed by atoms with Crippen molar-refractivity contribution in [1.82, 2.24) is 10.6 Å². The minimum atomic E-state index is -0.982. The zero-order valence-electron chi connectivity index (χ0n) is 15.1. The molecule has 1 aromatic carbocycles. The SMILES string of the molecule is COc1ccc(C=O)c(C(=O)OCC(=O)NC(=O)NCc2ccco2)c1OC. The maximum Gasteiger partial charge on any atom is 0.343 e. The number of carbonyl (C=O) groups is 4. The Labute approximate surface area is 159 Å². The average Bonchev–Trinajstić information content (AvgIpc) is 3.22. The number of ether oxygens (including phenoxy) is 3. The van der Waals surface area contributed by atoms with Crippen molar-refractivity contribution in [1.29, 1.82) is 0 Å². The van der Waals surface area contributed by atoms with Crippen molar-refractivity contribution in [3.05, 3.63) is 47.4 Å². The van der Waals surface area contributed by atoms with Crippen LogP contribution in [0.3, 0.4) is 0 Å². The molecule has 0 radical (unpaired) electrons. The molecule has 0 atom stereocenters. The molecule has 0 aliphatic carbocycles. The molecular formula is C18H18N2O8. The molecule has 148 valence electrons. The molecule has 0 fully saturated rings. The highest BCUT2D eigenvalue weighted by Crippen LogP contribution is 2.33. The standard InChI is InChI=1S/C18H18N2O8/c1-25-13-6-5-11(9-21)15(16(13)26-2)17(23)28-10-14(22)20-18(24)19-8-12-4-3-7-27-12/h3-7,9H,8,10H2,1-2H3,(H2,19,20,22,24). The maximum atomic E-state index is 12.3. The highest BCUT2D eigenvalue weighted by molar-refractivity contribution is 6.03. The fraction of sp³-hybridized carbons (Fsp3) is 0.222. The number of benzene rings is 1. The Balaban J connectivity index is 1.95. The topological polar surface area (TPSA) is 133 Å². The van der Waals surface area contributed by atoms with Crippen LogP contribution in [0, 0.1) is 0 Å². The normalized spacial score (nSPS) is 9.93. The van der Waals surface area contributed by atoms with Crippen molar-refractivity contribution >= 4 is 24.2 Å². The number of rotatable bonds is 8. The predicted molar refractivity (Wildman–Crippen MR) is 94.3 cm³/mol. The lowest BCUT2D eigenvalue weighted by Gasteiger charge is -2.14. The van der Waals surface area contributed by atoms with E-state index in [1.807, 2.05) is 5.32 Å². The van der Waals surface area contributed by atoms with Crippen molar-refractivity contribution in [2.75, 3.05) is 20.8 Å². The molecule has 3 amide bonds. The maximum absolute atomic E-state index is 12.3. The summed E-state index contributed by atoms with van der Waals surface area (Å²) in [5, 5.41) is 4.39. The molecule has 0 bridgehead atoms. The fourth-order valence-electron chi connectivity index (χ4n) is 2.24. The van der Waals surface area contributed by atoms with Gasteiger partial charge in [-0.3, -0.25) is 14.9 Å². The molecule has 10 nitrogen and oxygen atoms in total. The summed E-state index contributed by atoms with van der Waals surface area (Å²) in [5.74, 6) is -1.14. The van der Waals surface area contributed by atoms with Gasteiger partial charge in [-0.2, -0.15) is 0 Å². The van der Waals surface area contributed by atoms with E-state index in [2.05, 4.69) is 5.32 Å². The molecule has 1 heterocycles. The smallest absolute Gasteiger partial charge is 0.343 e. The number of amides is 3. The predicted octanol–water partition coefficient (Wildman–Crippen LogP) is 1.29. The zero-order chi connectivity index (χ0) is 20.5. The van der Waals surface area contributed by atoms with Crippen LogP contribution in [0.4, 0.5) is 4.79 Å². The molecule has 1 aromatic heterocycles. The first-order valence-electron chi connectivity index (χ1n) is 7.97. The number of imide groups is 1. The van der Waals surface area contributed by atoms with E-state index in [0.717, 1.165) is 0 Å². The monoisotopic (exact) mass is 390 g/mol. The van der Waals surface area contributed by atoms with Crippen LogP contribution in [-0.2, 0) is 16.1 Å². The fourth-order valence-corrected chi connectivity index (χ4v) is 2.24. The van der Waals surface area contributed by atoms with E-state index < -0.39 is 24.5 Å². The summed E-state index contributed by atoms with van der Waals surface area (Å²) in [5.41, 5.74) is -0.189. The molecular weight excluding hydrogens is 372 g/mol. The van der Waals surface area contributed by atoms with Gasteiger partial charge in [0.25, 0.3) is 5.91 Å². The Hall–Kier alpha value is -3.82. The average molecular weight is 390 g/mol. The van der Waals surface area contributed by atoms with Gasteiger partial charge in [0.15, 0.2) is 24.4 Å². The van der Waals surface area contributed by atoms with E-state index in [-0.39, 0.29) is 29.2 Å². The van der Waals surface area contributed by atoms with Crippen molar-refractivity contribution in [2.24, 2.45) is 0 Å². The lowest BCUT2D eigenvalue weighted by Crippen LogP contribution is -2.41. The second-order valence-corrected chi connectivity index (χ2v) is 5.27. The van der Waals surface area contributed by atoms with Crippen LogP contribution < -0.4 is 20.1 Å². The van der Waals surface area contributed by atoms with E-state index >= 15 is 0 Å². The Bertz CT molecular complexity index is 861. The van der Waals surface area contributed by atoms with Crippen molar-refractivity contribution in [2.45, 2.75) is 6.54 Å². The number of carbonyl (C=O) groups excluding carboxylic acids is 4. The summed E-state index contributed by atoms with van der Waals surface area (Å²) in [6.07, 6.45) is 1.89. The molecule has 0 saturated carbocycles.